The molecule has 1 aromatic heterocycles. The molecule has 3 nitrogen and oxygen atoms in total. The lowest BCUT2D eigenvalue weighted by molar-refractivity contribution is 0.0950. The van der Waals surface area contributed by atoms with Crippen molar-refractivity contribution in [1.29, 1.82) is 0 Å². The van der Waals surface area contributed by atoms with Gasteiger partial charge in [0, 0.05) is 18.7 Å². The average molecular weight is 333 g/mol. The molecule has 120 valence electrons. The molecule has 1 amide bonds. The normalized spacial score (nSPS) is 15.2. The minimum atomic E-state index is -0.487. The number of nitrogens with one attached hydrogen (secondary N) is 1. The number of halogens is 2. The quantitative estimate of drug-likeness (QED) is 0.806. The van der Waals surface area contributed by atoms with Gasteiger partial charge in [0.15, 0.2) is 0 Å². The summed E-state index contributed by atoms with van der Waals surface area (Å²) in [5, 5.41) is 3.38. The second-order valence-electron chi connectivity index (χ2n) is 5.98. The van der Waals surface area contributed by atoms with Crippen LogP contribution in [0.15, 0.2) is 42.6 Å². The fraction of sp³-hybridized carbons (Fsp3) is 0.333. The van der Waals surface area contributed by atoms with Gasteiger partial charge < -0.3 is 5.32 Å². The Hall–Kier alpha value is -1.94. The van der Waals surface area contributed by atoms with Gasteiger partial charge in [-0.05, 0) is 36.1 Å². The molecule has 3 rings (SSSR count). The molecule has 1 aliphatic carbocycles. The third-order valence-electron chi connectivity index (χ3n) is 4.16. The van der Waals surface area contributed by atoms with Crippen molar-refractivity contribution in [1.82, 2.24) is 10.3 Å². The van der Waals surface area contributed by atoms with Crippen molar-refractivity contribution in [3.8, 4) is 0 Å². The molecule has 1 fully saturated rings. The minimum absolute atomic E-state index is 0.141. The molecular formula is C18H18ClFN2O. The van der Waals surface area contributed by atoms with Crippen molar-refractivity contribution in [2.75, 3.05) is 6.54 Å². The second-order valence-corrected chi connectivity index (χ2v) is 6.39. The summed E-state index contributed by atoms with van der Waals surface area (Å²) in [4.78, 5) is 16.0. The van der Waals surface area contributed by atoms with E-state index in [1.165, 1.54) is 18.9 Å². The van der Waals surface area contributed by atoms with Crippen LogP contribution in [0.3, 0.4) is 0 Å². The molecule has 0 spiro atoms. The van der Waals surface area contributed by atoms with E-state index in [2.05, 4.69) is 10.3 Å². The van der Waals surface area contributed by atoms with E-state index in [1.54, 1.807) is 36.5 Å². The van der Waals surface area contributed by atoms with Crippen molar-refractivity contribution in [2.24, 2.45) is 5.92 Å². The Kier molecular flexibility index (Phi) is 4.91. The number of carbonyl (C=O) groups excluding carboxylic acids is 1. The van der Waals surface area contributed by atoms with Crippen molar-refractivity contribution >= 4 is 17.5 Å². The van der Waals surface area contributed by atoms with Crippen LogP contribution >= 0.6 is 11.6 Å². The van der Waals surface area contributed by atoms with Crippen molar-refractivity contribution < 1.29 is 9.18 Å². The Morgan fingerprint density at radius 1 is 1.30 bits per heavy atom. The summed E-state index contributed by atoms with van der Waals surface area (Å²) in [6, 6.07) is 10.1. The number of amides is 1. The summed E-state index contributed by atoms with van der Waals surface area (Å²) >= 11 is 6.05. The van der Waals surface area contributed by atoms with Gasteiger partial charge in [0.1, 0.15) is 0 Å². The van der Waals surface area contributed by atoms with Gasteiger partial charge in [-0.1, -0.05) is 42.6 Å². The Bertz CT molecular complexity index is 686. The standard InChI is InChI=1S/C18H18ClFN2O/c19-16-4-2-1-3-15(16)18(23)22-11-14(9-12-5-6-12)13-7-8-17(20)21-10-13/h1-4,7-8,10,12,14H,5-6,9,11H2,(H,22,23). The highest BCUT2D eigenvalue weighted by Gasteiger charge is 2.27. The number of aromatic nitrogens is 1. The van der Waals surface area contributed by atoms with Gasteiger partial charge in [0.25, 0.3) is 5.91 Å². The number of carbonyl (C=O) groups is 1. The van der Waals surface area contributed by atoms with E-state index in [0.29, 0.717) is 23.0 Å². The highest BCUT2D eigenvalue weighted by Crippen LogP contribution is 2.38. The molecule has 1 heterocycles. The number of rotatable bonds is 6. The lowest BCUT2D eigenvalue weighted by Crippen LogP contribution is -2.29. The van der Waals surface area contributed by atoms with E-state index < -0.39 is 5.95 Å². The highest BCUT2D eigenvalue weighted by molar-refractivity contribution is 6.33. The SMILES string of the molecule is O=C(NCC(CC1CC1)c1ccc(F)nc1)c1ccccc1Cl. The number of pyridine rings is 1. The molecule has 0 radical (unpaired) electrons. The zero-order valence-electron chi connectivity index (χ0n) is 12.6. The first-order valence-electron chi connectivity index (χ1n) is 7.77. The smallest absolute Gasteiger partial charge is 0.252 e. The molecule has 1 atom stereocenters. The van der Waals surface area contributed by atoms with E-state index in [1.807, 2.05) is 0 Å². The maximum atomic E-state index is 13.0. The first kappa shape index (κ1) is 15.9. The predicted molar refractivity (Wildman–Crippen MR) is 88.1 cm³/mol. The Balaban J connectivity index is 1.67. The van der Waals surface area contributed by atoms with Crippen LogP contribution < -0.4 is 5.32 Å². The number of hydrogen-bond donors (Lipinski definition) is 1. The topological polar surface area (TPSA) is 42.0 Å². The number of hydrogen-bond acceptors (Lipinski definition) is 2. The molecule has 0 saturated heterocycles. The lowest BCUT2D eigenvalue weighted by atomic mass is 9.94. The lowest BCUT2D eigenvalue weighted by Gasteiger charge is -2.18. The molecule has 1 N–H and O–H groups in total. The summed E-state index contributed by atoms with van der Waals surface area (Å²) in [5.74, 6) is 0.162. The third-order valence-corrected chi connectivity index (χ3v) is 4.49. The van der Waals surface area contributed by atoms with Gasteiger partial charge in [0.2, 0.25) is 5.95 Å². The van der Waals surface area contributed by atoms with Crippen LogP contribution in [-0.4, -0.2) is 17.4 Å². The van der Waals surface area contributed by atoms with Crippen LogP contribution in [0.4, 0.5) is 4.39 Å². The molecule has 1 aromatic carbocycles. The summed E-state index contributed by atoms with van der Waals surface area (Å²) in [6.45, 7) is 0.494. The van der Waals surface area contributed by atoms with Crippen LogP contribution in [0.1, 0.15) is 41.1 Å². The molecule has 5 heteroatoms. The number of nitrogens with zero attached hydrogens (tertiary/aromatic N) is 1. The zero-order chi connectivity index (χ0) is 16.2. The van der Waals surface area contributed by atoms with Crippen LogP contribution in [0.2, 0.25) is 5.02 Å². The van der Waals surface area contributed by atoms with Gasteiger partial charge in [-0.3, -0.25) is 4.79 Å². The van der Waals surface area contributed by atoms with Crippen LogP contribution in [0, 0.1) is 11.9 Å². The monoisotopic (exact) mass is 332 g/mol. The van der Waals surface area contributed by atoms with Crippen molar-refractivity contribution in [2.45, 2.75) is 25.2 Å². The van der Waals surface area contributed by atoms with Gasteiger partial charge in [-0.25, -0.2) is 4.98 Å². The molecule has 23 heavy (non-hydrogen) atoms. The summed E-state index contributed by atoms with van der Waals surface area (Å²) in [5.41, 5.74) is 1.43. The first-order chi connectivity index (χ1) is 11.1. The molecular weight excluding hydrogens is 315 g/mol. The van der Waals surface area contributed by atoms with Crippen LogP contribution in [0.25, 0.3) is 0 Å². The van der Waals surface area contributed by atoms with Crippen LogP contribution in [0.5, 0.6) is 0 Å². The zero-order valence-corrected chi connectivity index (χ0v) is 13.4. The van der Waals surface area contributed by atoms with Gasteiger partial charge in [0.05, 0.1) is 10.6 Å². The maximum Gasteiger partial charge on any atom is 0.252 e. The number of benzene rings is 1. The highest BCUT2D eigenvalue weighted by atomic mass is 35.5. The van der Waals surface area contributed by atoms with E-state index >= 15 is 0 Å². The van der Waals surface area contributed by atoms with Crippen molar-refractivity contribution in [3.05, 3.63) is 64.7 Å². The Morgan fingerprint density at radius 3 is 2.74 bits per heavy atom. The molecule has 1 unspecified atom stereocenters. The molecule has 0 bridgehead atoms. The fourth-order valence-corrected chi connectivity index (χ4v) is 2.90. The maximum absolute atomic E-state index is 13.0. The fourth-order valence-electron chi connectivity index (χ4n) is 2.68. The summed E-state index contributed by atoms with van der Waals surface area (Å²) in [6.07, 6.45) is 4.99. The van der Waals surface area contributed by atoms with Gasteiger partial charge >= 0.3 is 0 Å². The van der Waals surface area contributed by atoms with E-state index in [4.69, 9.17) is 11.6 Å². The van der Waals surface area contributed by atoms with E-state index in [0.717, 1.165) is 12.0 Å². The van der Waals surface area contributed by atoms with Crippen LogP contribution in [-0.2, 0) is 0 Å². The second kappa shape index (κ2) is 7.09. The summed E-state index contributed by atoms with van der Waals surface area (Å²) < 4.78 is 13.0. The Labute approximate surface area is 139 Å². The summed E-state index contributed by atoms with van der Waals surface area (Å²) in [7, 11) is 0. The van der Waals surface area contributed by atoms with E-state index in [9.17, 15) is 9.18 Å². The third kappa shape index (κ3) is 4.29. The first-order valence-corrected chi connectivity index (χ1v) is 8.15. The molecule has 0 aliphatic heterocycles. The van der Waals surface area contributed by atoms with Gasteiger partial charge in [-0.2, -0.15) is 4.39 Å². The van der Waals surface area contributed by atoms with E-state index in [-0.39, 0.29) is 11.8 Å². The Morgan fingerprint density at radius 2 is 2.09 bits per heavy atom. The van der Waals surface area contributed by atoms with Gasteiger partial charge in [-0.15, -0.1) is 0 Å². The molecule has 2 aromatic rings. The largest absolute Gasteiger partial charge is 0.351 e. The average Bonchev–Trinajstić information content (AvgIpc) is 3.36. The predicted octanol–water partition coefficient (Wildman–Crippen LogP) is 4.19. The molecule has 1 saturated carbocycles. The minimum Gasteiger partial charge on any atom is -0.351 e. The van der Waals surface area contributed by atoms with Crippen molar-refractivity contribution in [3.63, 3.8) is 0 Å². The molecule has 1 aliphatic rings.